The minimum Gasteiger partial charge on any atom is -0.457 e. The standard InChI is InChI=1S/C15H14ClN3O2/c1-10-8-12(16)4-7-14(10)21-13-5-2-11(3-6-13)9-18-19-15(17)20/h2-9H,1H3,(H3,17,19,20)/b18-9+. The second-order valence-corrected chi connectivity index (χ2v) is 4.75. The van der Waals surface area contributed by atoms with E-state index in [1.807, 2.05) is 31.2 Å². The van der Waals surface area contributed by atoms with Gasteiger partial charge in [0, 0.05) is 5.02 Å². The molecule has 2 rings (SSSR count). The Morgan fingerprint density at radius 3 is 2.62 bits per heavy atom. The van der Waals surface area contributed by atoms with E-state index in [1.165, 1.54) is 6.21 Å². The quantitative estimate of drug-likeness (QED) is 0.670. The van der Waals surface area contributed by atoms with E-state index < -0.39 is 6.03 Å². The zero-order valence-electron chi connectivity index (χ0n) is 11.3. The van der Waals surface area contributed by atoms with E-state index in [1.54, 1.807) is 18.2 Å². The maximum atomic E-state index is 10.5. The van der Waals surface area contributed by atoms with E-state index in [4.69, 9.17) is 22.1 Å². The topological polar surface area (TPSA) is 76.7 Å². The van der Waals surface area contributed by atoms with Gasteiger partial charge in [-0.05, 0) is 60.5 Å². The van der Waals surface area contributed by atoms with Crippen molar-refractivity contribution in [2.75, 3.05) is 0 Å². The predicted octanol–water partition coefficient (Wildman–Crippen LogP) is 3.44. The van der Waals surface area contributed by atoms with E-state index in [-0.39, 0.29) is 0 Å². The summed E-state index contributed by atoms with van der Waals surface area (Å²) in [6.45, 7) is 1.93. The van der Waals surface area contributed by atoms with E-state index in [9.17, 15) is 4.79 Å². The van der Waals surface area contributed by atoms with Crippen LogP contribution < -0.4 is 15.9 Å². The van der Waals surface area contributed by atoms with Crippen LogP contribution in [0.4, 0.5) is 4.79 Å². The van der Waals surface area contributed by atoms with Crippen LogP contribution in [0.3, 0.4) is 0 Å². The molecular weight excluding hydrogens is 290 g/mol. The Hall–Kier alpha value is -2.53. The molecule has 0 bridgehead atoms. The number of urea groups is 1. The SMILES string of the molecule is Cc1cc(Cl)ccc1Oc1ccc(/C=N/NC(N)=O)cc1. The van der Waals surface area contributed by atoms with Crippen LogP contribution in [-0.2, 0) is 0 Å². The molecule has 0 radical (unpaired) electrons. The van der Waals surface area contributed by atoms with Gasteiger partial charge in [0.25, 0.3) is 0 Å². The first-order chi connectivity index (χ1) is 10.0. The number of carbonyl (C=O) groups is 1. The molecule has 2 amide bonds. The van der Waals surface area contributed by atoms with E-state index in [0.717, 1.165) is 16.9 Å². The third-order valence-electron chi connectivity index (χ3n) is 2.63. The molecule has 5 nitrogen and oxygen atoms in total. The second kappa shape index (κ2) is 6.76. The zero-order chi connectivity index (χ0) is 15.2. The second-order valence-electron chi connectivity index (χ2n) is 4.32. The number of hydrogen-bond acceptors (Lipinski definition) is 3. The Morgan fingerprint density at radius 2 is 2.00 bits per heavy atom. The molecule has 0 spiro atoms. The first-order valence-corrected chi connectivity index (χ1v) is 6.55. The number of carbonyl (C=O) groups excluding carboxylic acids is 1. The molecule has 0 aliphatic rings. The highest BCUT2D eigenvalue weighted by Gasteiger charge is 2.02. The maximum absolute atomic E-state index is 10.5. The summed E-state index contributed by atoms with van der Waals surface area (Å²) in [6.07, 6.45) is 1.49. The molecule has 0 atom stereocenters. The third kappa shape index (κ3) is 4.50. The van der Waals surface area contributed by atoms with E-state index >= 15 is 0 Å². The average Bonchev–Trinajstić information content (AvgIpc) is 2.43. The monoisotopic (exact) mass is 303 g/mol. The number of primary amides is 1. The molecular formula is C15H14ClN3O2. The number of nitrogens with two attached hydrogens (primary N) is 1. The summed E-state index contributed by atoms with van der Waals surface area (Å²) >= 11 is 5.90. The van der Waals surface area contributed by atoms with Gasteiger partial charge in [-0.3, -0.25) is 0 Å². The zero-order valence-corrected chi connectivity index (χ0v) is 12.1. The molecule has 6 heteroatoms. The van der Waals surface area contributed by atoms with Gasteiger partial charge in [-0.25, -0.2) is 10.2 Å². The van der Waals surface area contributed by atoms with Gasteiger partial charge in [0.1, 0.15) is 11.5 Å². The fourth-order valence-corrected chi connectivity index (χ4v) is 1.87. The molecule has 21 heavy (non-hydrogen) atoms. The molecule has 2 aromatic rings. The fraction of sp³-hybridized carbons (Fsp3) is 0.0667. The maximum Gasteiger partial charge on any atom is 0.332 e. The molecule has 0 aliphatic heterocycles. The number of hydrazone groups is 1. The van der Waals surface area contributed by atoms with Crippen molar-refractivity contribution >= 4 is 23.8 Å². The van der Waals surface area contributed by atoms with Gasteiger partial charge < -0.3 is 10.5 Å². The summed E-state index contributed by atoms with van der Waals surface area (Å²) in [4.78, 5) is 10.5. The molecule has 0 heterocycles. The third-order valence-corrected chi connectivity index (χ3v) is 2.87. The number of ether oxygens (including phenoxy) is 1. The number of rotatable bonds is 4. The average molecular weight is 304 g/mol. The van der Waals surface area contributed by atoms with Gasteiger partial charge in [0.15, 0.2) is 0 Å². The van der Waals surface area contributed by atoms with Crippen LogP contribution >= 0.6 is 11.6 Å². The molecule has 0 aromatic heterocycles. The van der Waals surface area contributed by atoms with Crippen molar-refractivity contribution in [3.8, 4) is 11.5 Å². The number of hydrogen-bond donors (Lipinski definition) is 2. The number of benzene rings is 2. The number of nitrogens with zero attached hydrogens (tertiary/aromatic N) is 1. The molecule has 2 aromatic carbocycles. The largest absolute Gasteiger partial charge is 0.457 e. The Labute approximate surface area is 127 Å². The molecule has 0 aliphatic carbocycles. The Kier molecular flexibility index (Phi) is 4.79. The van der Waals surface area contributed by atoms with Crippen molar-refractivity contribution in [1.82, 2.24) is 5.43 Å². The van der Waals surface area contributed by atoms with Crippen LogP contribution in [0, 0.1) is 6.92 Å². The number of halogens is 1. The van der Waals surface area contributed by atoms with E-state index in [2.05, 4.69) is 10.5 Å². The minimum atomic E-state index is -0.704. The molecule has 0 saturated carbocycles. The van der Waals surface area contributed by atoms with Crippen molar-refractivity contribution < 1.29 is 9.53 Å². The lowest BCUT2D eigenvalue weighted by Crippen LogP contribution is -2.24. The Morgan fingerprint density at radius 1 is 1.29 bits per heavy atom. The van der Waals surface area contributed by atoms with Crippen LogP contribution in [0.5, 0.6) is 11.5 Å². The number of nitrogens with one attached hydrogen (secondary N) is 1. The summed E-state index contributed by atoms with van der Waals surface area (Å²) in [7, 11) is 0. The highest BCUT2D eigenvalue weighted by molar-refractivity contribution is 6.30. The predicted molar refractivity (Wildman–Crippen MR) is 83.0 cm³/mol. The Balaban J connectivity index is 2.05. The first-order valence-electron chi connectivity index (χ1n) is 6.17. The minimum absolute atomic E-state index is 0.674. The fourth-order valence-electron chi connectivity index (χ4n) is 1.65. The summed E-state index contributed by atoms with van der Waals surface area (Å²) < 4.78 is 5.77. The summed E-state index contributed by atoms with van der Waals surface area (Å²) in [5.41, 5.74) is 8.79. The van der Waals surface area contributed by atoms with Crippen molar-refractivity contribution in [3.63, 3.8) is 0 Å². The van der Waals surface area contributed by atoms with Gasteiger partial charge in [-0.1, -0.05) is 11.6 Å². The molecule has 0 fully saturated rings. The normalized spacial score (nSPS) is 10.6. The molecule has 3 N–H and O–H groups in total. The van der Waals surface area contributed by atoms with Crippen molar-refractivity contribution in [2.24, 2.45) is 10.8 Å². The molecule has 108 valence electrons. The smallest absolute Gasteiger partial charge is 0.332 e. The lowest BCUT2D eigenvalue weighted by Gasteiger charge is -2.09. The molecule has 0 unspecified atom stereocenters. The molecule has 0 saturated heterocycles. The summed E-state index contributed by atoms with van der Waals surface area (Å²) in [6, 6.07) is 12.0. The van der Waals surface area contributed by atoms with Crippen LogP contribution in [0.15, 0.2) is 47.6 Å². The van der Waals surface area contributed by atoms with Gasteiger partial charge >= 0.3 is 6.03 Å². The van der Waals surface area contributed by atoms with Gasteiger partial charge in [-0.2, -0.15) is 5.10 Å². The Bertz CT molecular complexity index is 669. The van der Waals surface area contributed by atoms with Gasteiger partial charge in [0.05, 0.1) is 6.21 Å². The summed E-state index contributed by atoms with van der Waals surface area (Å²) in [5.74, 6) is 1.44. The lowest BCUT2D eigenvalue weighted by atomic mass is 10.2. The summed E-state index contributed by atoms with van der Waals surface area (Å²) in [5, 5.41) is 4.35. The lowest BCUT2D eigenvalue weighted by molar-refractivity contribution is 0.249. The van der Waals surface area contributed by atoms with Crippen LogP contribution in [0.1, 0.15) is 11.1 Å². The van der Waals surface area contributed by atoms with Crippen LogP contribution in [0.25, 0.3) is 0 Å². The van der Waals surface area contributed by atoms with Crippen LogP contribution in [-0.4, -0.2) is 12.2 Å². The number of amides is 2. The van der Waals surface area contributed by atoms with Gasteiger partial charge in [0.2, 0.25) is 0 Å². The van der Waals surface area contributed by atoms with Crippen molar-refractivity contribution in [3.05, 3.63) is 58.6 Å². The van der Waals surface area contributed by atoms with Crippen molar-refractivity contribution in [2.45, 2.75) is 6.92 Å². The van der Waals surface area contributed by atoms with Crippen LogP contribution in [0.2, 0.25) is 5.02 Å². The van der Waals surface area contributed by atoms with Gasteiger partial charge in [-0.15, -0.1) is 0 Å². The first kappa shape index (κ1) is 14.9. The highest BCUT2D eigenvalue weighted by Crippen LogP contribution is 2.27. The number of aryl methyl sites for hydroxylation is 1. The van der Waals surface area contributed by atoms with E-state index in [0.29, 0.717) is 10.8 Å². The highest BCUT2D eigenvalue weighted by atomic mass is 35.5. The van der Waals surface area contributed by atoms with Crippen molar-refractivity contribution in [1.29, 1.82) is 0 Å².